The van der Waals surface area contributed by atoms with E-state index in [1.165, 1.54) is 38.9 Å². The summed E-state index contributed by atoms with van der Waals surface area (Å²) in [5.74, 6) is 0.902. The van der Waals surface area contributed by atoms with Gasteiger partial charge in [-0.15, -0.1) is 0 Å². The Morgan fingerprint density at radius 3 is 1.45 bits per heavy atom. The van der Waals surface area contributed by atoms with E-state index in [4.69, 9.17) is 50.6 Å². The molecule has 2 saturated carbocycles. The Morgan fingerprint density at radius 2 is 1.05 bits per heavy atom. The third-order valence-electron chi connectivity index (χ3n) is 14.7. The maximum Gasteiger partial charge on any atom is 0.488 e. The number of rotatable bonds is 4. The van der Waals surface area contributed by atoms with E-state index in [-0.39, 0.29) is 10.8 Å². The molecule has 14 heteroatoms. The van der Waals surface area contributed by atoms with Crippen molar-refractivity contribution in [1.82, 2.24) is 10.1 Å². The van der Waals surface area contributed by atoms with Gasteiger partial charge in [-0.2, -0.15) is 0 Å². The maximum absolute atomic E-state index is 8.83. The third kappa shape index (κ3) is 8.29. The van der Waals surface area contributed by atoms with E-state index >= 15 is 0 Å². The molecule has 0 radical (unpaired) electrons. The zero-order chi connectivity index (χ0) is 45.8. The van der Waals surface area contributed by atoms with Crippen molar-refractivity contribution < 1.29 is 29.2 Å². The second-order valence-electron chi connectivity index (χ2n) is 19.0. The second-order valence-corrected chi connectivity index (χ2v) is 20.0. The lowest BCUT2D eigenvalue weighted by atomic mass is 9.66. The molecule has 4 aromatic rings. The molecule has 0 amide bonds. The first-order valence-electron chi connectivity index (χ1n) is 22.5. The van der Waals surface area contributed by atoms with Gasteiger partial charge in [0.2, 0.25) is 23.4 Å². The quantitative estimate of drug-likeness (QED) is 0.152. The van der Waals surface area contributed by atoms with Crippen molar-refractivity contribution in [2.45, 2.75) is 116 Å². The normalized spacial score (nSPS) is 28.7. The van der Waals surface area contributed by atoms with Gasteiger partial charge >= 0.3 is 7.12 Å². The van der Waals surface area contributed by atoms with Gasteiger partial charge in [-0.25, -0.2) is 29.8 Å². The smallest absolute Gasteiger partial charge is 0.423 e. The van der Waals surface area contributed by atoms with E-state index in [1.54, 1.807) is 29.4 Å². The van der Waals surface area contributed by atoms with Crippen molar-refractivity contribution in [3.05, 3.63) is 122 Å². The van der Waals surface area contributed by atoms with Gasteiger partial charge in [0, 0.05) is 54.7 Å². The molecule has 2 fully saturated rings. The van der Waals surface area contributed by atoms with Crippen LogP contribution in [-0.4, -0.2) is 79.7 Å². The van der Waals surface area contributed by atoms with Crippen LogP contribution in [0.5, 0.6) is 0 Å². The molecule has 4 spiro atoms. The van der Waals surface area contributed by atoms with Gasteiger partial charge in [-0.3, -0.25) is 0 Å². The molecule has 4 aromatic carbocycles. The number of benzene rings is 4. The molecular weight excluding hydrogens is 871 g/mol. The number of aryl methyl sites for hydroxylation is 4. The molecule has 0 aromatic heterocycles. The first-order valence-corrected chi connectivity index (χ1v) is 23.3. The number of nitrogens with zero attached hydrogens (tertiary/aromatic N) is 4. The second kappa shape index (κ2) is 17.8. The Bertz CT molecular complexity index is 2410. The number of halogens is 1. The van der Waals surface area contributed by atoms with Crippen molar-refractivity contribution in [1.29, 1.82) is 0 Å². The minimum atomic E-state index is -1.35. The van der Waals surface area contributed by atoms with Crippen molar-refractivity contribution in [3.63, 3.8) is 0 Å². The fraction of sp³-hybridized carbons (Fsp3) is 0.480. The van der Waals surface area contributed by atoms with Gasteiger partial charge in [0.1, 0.15) is 0 Å². The van der Waals surface area contributed by atoms with Crippen LogP contribution in [0.3, 0.4) is 0 Å². The number of hydrogen-bond acceptors (Lipinski definition) is 12. The highest BCUT2D eigenvalue weighted by Crippen LogP contribution is 2.63. The largest absolute Gasteiger partial charge is 0.488 e. The highest BCUT2D eigenvalue weighted by molar-refractivity contribution is 9.10. The summed E-state index contributed by atoms with van der Waals surface area (Å²) in [5.41, 5.74) is 23.4. The Kier molecular flexibility index (Phi) is 12.9. The molecule has 0 saturated heterocycles. The van der Waals surface area contributed by atoms with Crippen LogP contribution in [0.1, 0.15) is 95.9 Å². The van der Waals surface area contributed by atoms with Crippen LogP contribution in [-0.2, 0) is 43.4 Å². The molecule has 12 nitrogen and oxygen atoms in total. The Hall–Kier alpha value is -4.28. The van der Waals surface area contributed by atoms with E-state index < -0.39 is 18.6 Å². The number of guanidine groups is 2. The molecule has 64 heavy (non-hydrogen) atoms. The van der Waals surface area contributed by atoms with Crippen molar-refractivity contribution in [2.75, 3.05) is 28.3 Å². The van der Waals surface area contributed by atoms with Gasteiger partial charge in [-0.05, 0) is 138 Å². The lowest BCUT2D eigenvalue weighted by Crippen LogP contribution is -2.46. The Labute approximate surface area is 387 Å². The average Bonchev–Trinajstić information content (AvgIpc) is 3.91. The molecule has 2 atom stereocenters. The predicted molar refractivity (Wildman–Crippen MR) is 256 cm³/mol. The number of hydrogen-bond donors (Lipinski definition) is 4. The van der Waals surface area contributed by atoms with Gasteiger partial charge < -0.3 is 31.0 Å². The Balaban J connectivity index is 0.000000145. The van der Waals surface area contributed by atoms with Crippen LogP contribution in [0.2, 0.25) is 0 Å². The predicted octanol–water partition coefficient (Wildman–Crippen LogP) is 7.35. The Morgan fingerprint density at radius 1 is 0.625 bits per heavy atom. The monoisotopic (exact) mass is 934 g/mol. The lowest BCUT2D eigenvalue weighted by Gasteiger charge is -2.45. The molecule has 2 heterocycles. The van der Waals surface area contributed by atoms with E-state index in [1.807, 2.05) is 41.1 Å². The summed E-state index contributed by atoms with van der Waals surface area (Å²) in [6, 6.07) is 25.4. The van der Waals surface area contributed by atoms with Crippen LogP contribution in [0.25, 0.3) is 11.1 Å². The van der Waals surface area contributed by atoms with Crippen LogP contribution in [0, 0.1) is 38.5 Å². The first kappa shape index (κ1) is 46.3. The van der Waals surface area contributed by atoms with Crippen LogP contribution in [0.15, 0.2) is 87.3 Å². The number of methoxy groups -OCH3 is 2. The van der Waals surface area contributed by atoms with E-state index in [0.717, 1.165) is 85.4 Å². The molecule has 2 aliphatic heterocycles. The van der Waals surface area contributed by atoms with Gasteiger partial charge in [0.25, 0.3) is 0 Å². The summed E-state index contributed by atoms with van der Waals surface area (Å²) in [4.78, 5) is 22.7. The SMILES string of the molecule is COC1CCC2(CC1)Cc1ccc(-c3cc(C)cc(C)c3)cc1C21N=C(N)N(C)O1.COC1CCC2(CC1)Cc1ccc(Br)cc1C21N=C(N)N(C)O1.Cc1cc(C)cc(B(O)O)c1. The van der Waals surface area contributed by atoms with E-state index in [0.29, 0.717) is 29.6 Å². The minimum Gasteiger partial charge on any atom is -0.423 e. The minimum absolute atomic E-state index is 0.0411. The molecule has 2 unspecified atom stereocenters. The molecule has 0 bridgehead atoms. The highest BCUT2D eigenvalue weighted by atomic mass is 79.9. The van der Waals surface area contributed by atoms with Crippen molar-refractivity contribution in [2.24, 2.45) is 32.3 Å². The van der Waals surface area contributed by atoms with Gasteiger partial charge in [0.05, 0.1) is 12.2 Å². The van der Waals surface area contributed by atoms with Crippen molar-refractivity contribution in [3.8, 4) is 11.1 Å². The van der Waals surface area contributed by atoms with Crippen molar-refractivity contribution >= 4 is 40.4 Å². The number of nitrogens with two attached hydrogens (primary N) is 2. The fourth-order valence-corrected chi connectivity index (χ4v) is 11.9. The zero-order valence-corrected chi connectivity index (χ0v) is 40.2. The zero-order valence-electron chi connectivity index (χ0n) is 38.6. The van der Waals surface area contributed by atoms with Crippen LogP contribution < -0.4 is 16.9 Å². The highest BCUT2D eigenvalue weighted by Gasteiger charge is 2.64. The topological polar surface area (TPSA) is 161 Å². The van der Waals surface area contributed by atoms with E-state index in [2.05, 4.69) is 84.4 Å². The fourth-order valence-electron chi connectivity index (χ4n) is 11.5. The number of ether oxygens (including phenoxy) is 2. The van der Waals surface area contributed by atoms with Gasteiger partial charge in [0.15, 0.2) is 0 Å². The molecule has 10 rings (SSSR count). The number of fused-ring (bicyclic) bond motifs is 6. The first-order chi connectivity index (χ1) is 30.4. The number of aliphatic imine (C=N–C) groups is 2. The van der Waals surface area contributed by atoms with Gasteiger partial charge in [-0.1, -0.05) is 92.8 Å². The molecule has 4 aliphatic carbocycles. The van der Waals surface area contributed by atoms with E-state index in [9.17, 15) is 0 Å². The van der Waals surface area contributed by atoms with Crippen LogP contribution >= 0.6 is 15.9 Å². The summed E-state index contributed by atoms with van der Waals surface area (Å²) in [5, 5.41) is 20.9. The molecular formula is C50H64BBrN6O6. The summed E-state index contributed by atoms with van der Waals surface area (Å²) < 4.78 is 12.3. The van der Waals surface area contributed by atoms with Crippen LogP contribution in [0.4, 0.5) is 0 Å². The average molecular weight is 936 g/mol. The summed E-state index contributed by atoms with van der Waals surface area (Å²) >= 11 is 3.59. The third-order valence-corrected chi connectivity index (χ3v) is 15.2. The molecule has 6 aliphatic rings. The summed E-state index contributed by atoms with van der Waals surface area (Å²) in [7, 11) is 5.95. The lowest BCUT2D eigenvalue weighted by molar-refractivity contribution is -0.232. The maximum atomic E-state index is 8.83. The molecule has 6 N–H and O–H groups in total. The summed E-state index contributed by atoms with van der Waals surface area (Å²) in [6.07, 6.45) is 10.8. The summed E-state index contributed by atoms with van der Waals surface area (Å²) in [6.45, 7) is 8.15. The standard InChI is InChI=1S/C25H31N3O2.C17H22BrN3O2.C8H11BO2/c1-16-11-17(2)13-20(12-16)18-5-6-19-15-24(9-7-21(29-4)8-10-24)25(22(19)14-18)27-23(26)28(3)30-25;1-21-15(19)20-17(23-21)14-9-12(18)4-3-11(14)10-16(17)7-5-13(22-2)6-8-16;1-6-3-7(2)5-8(4-6)9(10)11/h5-6,11-14,21H,7-10,15H2,1-4H3,(H2,26,27);3-4,9,13H,5-8,10H2,1-2H3,(H2,19,20);3-5,10-11H,1-2H3. The number of hydroxylamine groups is 4. The molecule has 340 valence electrons.